The molecule has 33 heavy (non-hydrogen) atoms. The van der Waals surface area contributed by atoms with E-state index in [9.17, 15) is 18.0 Å². The summed E-state index contributed by atoms with van der Waals surface area (Å²) in [4.78, 5) is 27.2. The highest BCUT2D eigenvalue weighted by atomic mass is 32.1. The first-order valence-electron chi connectivity index (χ1n) is 10.6. The number of aryl methyl sites for hydroxylation is 2. The number of nitrogens with zero attached hydrogens (tertiary/aromatic N) is 6. The molecule has 5 rings (SSSR count). The Morgan fingerprint density at radius 1 is 1.12 bits per heavy atom. The van der Waals surface area contributed by atoms with E-state index in [0.29, 0.717) is 36.0 Å². The summed E-state index contributed by atoms with van der Waals surface area (Å²) in [6.07, 6.45) is -2.93. The van der Waals surface area contributed by atoms with Crippen molar-refractivity contribution in [2.24, 2.45) is 0 Å². The number of carbonyl (C=O) groups excluding carboxylic acids is 1. The van der Waals surface area contributed by atoms with E-state index in [-0.39, 0.29) is 18.1 Å². The van der Waals surface area contributed by atoms with Gasteiger partial charge in [0.25, 0.3) is 11.6 Å². The Labute approximate surface area is 191 Å². The third-order valence-electron chi connectivity index (χ3n) is 6.14. The van der Waals surface area contributed by atoms with Gasteiger partial charge in [-0.25, -0.2) is 14.5 Å². The molecule has 1 amide bonds. The first-order valence-corrected chi connectivity index (χ1v) is 11.5. The normalized spacial score (nSPS) is 15.6. The van der Waals surface area contributed by atoms with Crippen molar-refractivity contribution in [3.8, 4) is 0 Å². The summed E-state index contributed by atoms with van der Waals surface area (Å²) in [6, 6.07) is 8.06. The third-order valence-corrected chi connectivity index (χ3v) is 7.34. The van der Waals surface area contributed by atoms with Crippen LogP contribution in [0, 0.1) is 13.8 Å². The Morgan fingerprint density at radius 3 is 2.55 bits per heavy atom. The highest BCUT2D eigenvalue weighted by molar-refractivity contribution is 7.18. The van der Waals surface area contributed by atoms with Gasteiger partial charge in [0.1, 0.15) is 0 Å². The fraction of sp³-hybridized carbons (Fsp3) is 0.409. The molecule has 1 aliphatic rings. The van der Waals surface area contributed by atoms with E-state index in [4.69, 9.17) is 4.98 Å². The summed E-state index contributed by atoms with van der Waals surface area (Å²) < 4.78 is 41.2. The average molecular weight is 475 g/mol. The predicted octanol–water partition coefficient (Wildman–Crippen LogP) is 4.32. The Kier molecular flexibility index (Phi) is 5.31. The molecule has 1 aliphatic heterocycles. The number of para-hydroxylation sites is 1. The zero-order valence-electron chi connectivity index (χ0n) is 18.1. The highest BCUT2D eigenvalue weighted by Crippen LogP contribution is 2.34. The number of piperidine rings is 1. The van der Waals surface area contributed by atoms with E-state index in [0.717, 1.165) is 27.9 Å². The number of carbonyl (C=O) groups is 1. The van der Waals surface area contributed by atoms with E-state index in [2.05, 4.69) is 21.1 Å². The lowest BCUT2D eigenvalue weighted by atomic mass is 9.97. The Balaban J connectivity index is 1.30. The number of fused-ring (bicyclic) bond motifs is 2. The molecule has 172 valence electrons. The minimum Gasteiger partial charge on any atom is -0.342 e. The number of likely N-dealkylation sites (tertiary alicyclic amines) is 1. The van der Waals surface area contributed by atoms with Gasteiger partial charge in [-0.15, -0.1) is 16.4 Å². The lowest BCUT2D eigenvalue weighted by molar-refractivity contribution is -0.144. The molecule has 0 radical (unpaired) electrons. The molecular formula is C22H21F3N6OS. The van der Waals surface area contributed by atoms with Crippen molar-refractivity contribution in [3.63, 3.8) is 0 Å². The van der Waals surface area contributed by atoms with E-state index in [1.54, 1.807) is 25.2 Å². The van der Waals surface area contributed by atoms with E-state index >= 15 is 0 Å². The Hall–Kier alpha value is -3.08. The van der Waals surface area contributed by atoms with E-state index in [1.165, 1.54) is 4.70 Å². The monoisotopic (exact) mass is 474 g/mol. The number of halogens is 3. The molecule has 0 bridgehead atoms. The van der Waals surface area contributed by atoms with Crippen LogP contribution < -0.4 is 0 Å². The zero-order valence-corrected chi connectivity index (χ0v) is 18.9. The fourth-order valence-electron chi connectivity index (χ4n) is 4.29. The van der Waals surface area contributed by atoms with Crippen LogP contribution in [-0.4, -0.2) is 48.5 Å². The number of alkyl halides is 3. The molecule has 0 aliphatic carbocycles. The summed E-state index contributed by atoms with van der Waals surface area (Å²) in [5, 5.41) is 4.66. The van der Waals surface area contributed by atoms with Crippen LogP contribution >= 0.6 is 11.3 Å². The number of hydrogen-bond acceptors (Lipinski definition) is 6. The third kappa shape index (κ3) is 4.05. The first-order chi connectivity index (χ1) is 15.7. The van der Waals surface area contributed by atoms with Gasteiger partial charge in [-0.05, 0) is 38.8 Å². The molecule has 4 aromatic rings. The van der Waals surface area contributed by atoms with E-state index in [1.807, 2.05) is 23.1 Å². The molecule has 0 atom stereocenters. The summed E-state index contributed by atoms with van der Waals surface area (Å²) in [7, 11) is 0. The maximum absolute atomic E-state index is 13.0. The molecule has 0 spiro atoms. The number of thiazole rings is 1. The minimum atomic E-state index is -4.66. The van der Waals surface area contributed by atoms with Crippen molar-refractivity contribution >= 4 is 33.2 Å². The largest absolute Gasteiger partial charge is 0.453 e. The van der Waals surface area contributed by atoms with Gasteiger partial charge in [0.15, 0.2) is 0 Å². The van der Waals surface area contributed by atoms with Crippen molar-refractivity contribution < 1.29 is 18.0 Å². The van der Waals surface area contributed by atoms with Crippen LogP contribution in [0.4, 0.5) is 13.2 Å². The highest BCUT2D eigenvalue weighted by Gasteiger charge is 2.37. The molecular weight excluding hydrogens is 453 g/mol. The van der Waals surface area contributed by atoms with Gasteiger partial charge in [-0.2, -0.15) is 18.2 Å². The average Bonchev–Trinajstić information content (AvgIpc) is 3.41. The van der Waals surface area contributed by atoms with Crippen LogP contribution in [0.3, 0.4) is 0 Å². The van der Waals surface area contributed by atoms with Gasteiger partial charge >= 0.3 is 6.18 Å². The molecule has 1 aromatic carbocycles. The molecule has 0 unspecified atom stereocenters. The van der Waals surface area contributed by atoms with Crippen LogP contribution in [0.1, 0.15) is 46.5 Å². The topological polar surface area (TPSA) is 76.3 Å². The van der Waals surface area contributed by atoms with Crippen molar-refractivity contribution in [2.75, 3.05) is 13.1 Å². The maximum atomic E-state index is 13.0. The van der Waals surface area contributed by atoms with Crippen LogP contribution in [-0.2, 0) is 17.4 Å². The summed E-state index contributed by atoms with van der Waals surface area (Å²) >= 11 is 1.71. The molecule has 1 fully saturated rings. The first kappa shape index (κ1) is 21.7. The number of aromatic nitrogens is 5. The quantitative estimate of drug-likeness (QED) is 0.442. The van der Waals surface area contributed by atoms with Crippen molar-refractivity contribution in [1.29, 1.82) is 0 Å². The van der Waals surface area contributed by atoms with Crippen molar-refractivity contribution in [2.45, 2.75) is 45.2 Å². The van der Waals surface area contributed by atoms with Gasteiger partial charge in [-0.1, -0.05) is 12.1 Å². The van der Waals surface area contributed by atoms with Gasteiger partial charge in [0.05, 0.1) is 21.6 Å². The lowest BCUT2D eigenvalue weighted by Crippen LogP contribution is -2.39. The van der Waals surface area contributed by atoms with Gasteiger partial charge in [0, 0.05) is 36.0 Å². The molecule has 11 heteroatoms. The molecule has 7 nitrogen and oxygen atoms in total. The minimum absolute atomic E-state index is 0.0631. The lowest BCUT2D eigenvalue weighted by Gasteiger charge is -2.31. The predicted molar refractivity (Wildman–Crippen MR) is 117 cm³/mol. The number of hydrogen-bond donors (Lipinski definition) is 0. The Bertz CT molecular complexity index is 1320. The molecule has 3 aromatic heterocycles. The maximum Gasteiger partial charge on any atom is 0.453 e. The van der Waals surface area contributed by atoms with Crippen LogP contribution in [0.5, 0.6) is 0 Å². The molecule has 0 N–H and O–H groups in total. The van der Waals surface area contributed by atoms with Crippen molar-refractivity contribution in [1.82, 2.24) is 29.5 Å². The van der Waals surface area contributed by atoms with Gasteiger partial charge in [-0.3, -0.25) is 4.79 Å². The molecule has 0 saturated carbocycles. The summed E-state index contributed by atoms with van der Waals surface area (Å²) in [5.74, 6) is -1.10. The zero-order chi connectivity index (χ0) is 23.3. The summed E-state index contributed by atoms with van der Waals surface area (Å²) in [5.41, 5.74) is 2.52. The molecule has 4 heterocycles. The SMILES string of the molecule is Cc1nc2nc(C(F)(F)F)nn2c(C)c1CC(=O)N1CCC(c2nc3ccccc3s2)CC1. The summed E-state index contributed by atoms with van der Waals surface area (Å²) in [6.45, 7) is 4.55. The Morgan fingerprint density at radius 2 is 1.85 bits per heavy atom. The van der Waals surface area contributed by atoms with Gasteiger partial charge in [0.2, 0.25) is 5.91 Å². The van der Waals surface area contributed by atoms with E-state index < -0.39 is 12.0 Å². The number of rotatable bonds is 3. The molecule has 1 saturated heterocycles. The van der Waals surface area contributed by atoms with Crippen molar-refractivity contribution in [3.05, 3.63) is 52.0 Å². The second kappa shape index (κ2) is 8.05. The van der Waals surface area contributed by atoms with Crippen LogP contribution in [0.15, 0.2) is 24.3 Å². The van der Waals surface area contributed by atoms with Crippen LogP contribution in [0.25, 0.3) is 16.0 Å². The fourth-order valence-corrected chi connectivity index (χ4v) is 5.42. The number of benzene rings is 1. The smallest absolute Gasteiger partial charge is 0.342 e. The second-order valence-corrected chi connectivity index (χ2v) is 9.32. The van der Waals surface area contributed by atoms with Crippen LogP contribution in [0.2, 0.25) is 0 Å². The second-order valence-electron chi connectivity index (χ2n) is 8.26. The standard InChI is InChI=1S/C22H21F3N6OS/c1-12-15(13(2)31-21(26-12)28-20(29-31)22(23,24)25)11-18(32)30-9-7-14(8-10-30)19-27-16-5-3-4-6-17(16)33-19/h3-6,14H,7-11H2,1-2H3. The van der Waals surface area contributed by atoms with Gasteiger partial charge < -0.3 is 4.90 Å². The number of amides is 1.